The van der Waals surface area contributed by atoms with E-state index < -0.39 is 0 Å². The van der Waals surface area contributed by atoms with E-state index >= 15 is 0 Å². The molecular weight excluding hydrogens is 342 g/mol. The van der Waals surface area contributed by atoms with E-state index in [9.17, 15) is 0 Å². The second kappa shape index (κ2) is 6.98. The number of aromatic nitrogens is 3. The summed E-state index contributed by atoms with van der Waals surface area (Å²) in [6, 6.07) is 15.5. The average molecular weight is 358 g/mol. The summed E-state index contributed by atoms with van der Waals surface area (Å²) in [4.78, 5) is 2.05. The number of nitrogens with zero attached hydrogens (tertiary/aromatic N) is 4. The third-order valence-electron chi connectivity index (χ3n) is 3.47. The molecule has 0 aliphatic carbocycles. The first-order chi connectivity index (χ1) is 11.5. The van der Waals surface area contributed by atoms with Gasteiger partial charge < -0.3 is 4.90 Å². The smallest absolute Gasteiger partial charge is 0.216 e. The monoisotopic (exact) mass is 357 g/mol. The molecule has 3 rings (SSSR count). The minimum atomic E-state index is 0.422. The molecule has 0 saturated carbocycles. The second-order valence-electron chi connectivity index (χ2n) is 5.41. The van der Waals surface area contributed by atoms with E-state index in [1.165, 1.54) is 0 Å². The van der Waals surface area contributed by atoms with Crippen molar-refractivity contribution >= 4 is 35.7 Å². The summed E-state index contributed by atoms with van der Waals surface area (Å²) in [7, 11) is 4.01. The van der Waals surface area contributed by atoms with Gasteiger partial charge in [0.25, 0.3) is 0 Å². The van der Waals surface area contributed by atoms with E-state index in [-0.39, 0.29) is 0 Å². The molecule has 3 aromatic rings. The van der Waals surface area contributed by atoms with Crippen molar-refractivity contribution in [3.63, 3.8) is 0 Å². The van der Waals surface area contributed by atoms with Gasteiger partial charge in [0, 0.05) is 30.4 Å². The Labute approximate surface area is 150 Å². The van der Waals surface area contributed by atoms with Crippen LogP contribution >= 0.6 is 23.8 Å². The number of benzene rings is 2. The first kappa shape index (κ1) is 16.4. The van der Waals surface area contributed by atoms with Gasteiger partial charge in [0.2, 0.25) is 4.77 Å². The number of hydrogen-bond donors (Lipinski definition) is 1. The van der Waals surface area contributed by atoms with Gasteiger partial charge in [-0.15, -0.1) is 0 Å². The Morgan fingerprint density at radius 1 is 1.21 bits per heavy atom. The molecule has 0 radical (unpaired) electrons. The summed E-state index contributed by atoms with van der Waals surface area (Å²) in [5.74, 6) is 0.615. The van der Waals surface area contributed by atoms with E-state index in [1.807, 2.05) is 67.5 Å². The zero-order valence-electron chi connectivity index (χ0n) is 13.3. The van der Waals surface area contributed by atoms with Crippen molar-refractivity contribution < 1.29 is 0 Å². The largest absolute Gasteiger partial charge is 0.378 e. The molecule has 24 heavy (non-hydrogen) atoms. The van der Waals surface area contributed by atoms with Crippen LogP contribution in [0.2, 0.25) is 5.02 Å². The minimum absolute atomic E-state index is 0.422. The molecule has 2 aromatic carbocycles. The van der Waals surface area contributed by atoms with E-state index in [0.717, 1.165) is 16.8 Å². The van der Waals surface area contributed by atoms with E-state index in [0.29, 0.717) is 15.6 Å². The van der Waals surface area contributed by atoms with Crippen LogP contribution in [0, 0.1) is 4.77 Å². The number of halogens is 1. The maximum absolute atomic E-state index is 6.05. The van der Waals surface area contributed by atoms with Gasteiger partial charge >= 0.3 is 0 Å². The van der Waals surface area contributed by atoms with Crippen LogP contribution in [0.4, 0.5) is 5.69 Å². The average Bonchev–Trinajstić information content (AvgIpc) is 2.94. The normalized spacial score (nSPS) is 11.1. The molecule has 0 bridgehead atoms. The highest BCUT2D eigenvalue weighted by Gasteiger charge is 2.08. The van der Waals surface area contributed by atoms with Crippen LogP contribution in [-0.4, -0.2) is 35.2 Å². The van der Waals surface area contributed by atoms with Crippen molar-refractivity contribution in [2.24, 2.45) is 5.10 Å². The van der Waals surface area contributed by atoms with Gasteiger partial charge in [-0.25, -0.2) is 5.10 Å². The van der Waals surface area contributed by atoms with Crippen molar-refractivity contribution in [1.82, 2.24) is 14.9 Å². The summed E-state index contributed by atoms with van der Waals surface area (Å²) in [5, 5.41) is 12.1. The van der Waals surface area contributed by atoms with Crippen LogP contribution < -0.4 is 4.90 Å². The highest BCUT2D eigenvalue weighted by Crippen LogP contribution is 2.21. The molecule has 5 nitrogen and oxygen atoms in total. The molecule has 7 heteroatoms. The molecule has 0 amide bonds. The maximum atomic E-state index is 6.05. The molecule has 0 unspecified atom stereocenters. The molecule has 0 aliphatic heterocycles. The lowest BCUT2D eigenvalue weighted by atomic mass is 10.2. The molecule has 122 valence electrons. The van der Waals surface area contributed by atoms with Gasteiger partial charge in [0.1, 0.15) is 0 Å². The predicted octanol–water partition coefficient (Wildman–Crippen LogP) is 4.21. The Morgan fingerprint density at radius 3 is 2.62 bits per heavy atom. The Balaban J connectivity index is 1.93. The van der Waals surface area contributed by atoms with Crippen molar-refractivity contribution in [2.45, 2.75) is 0 Å². The number of rotatable bonds is 4. The fraction of sp³-hybridized carbons (Fsp3) is 0.118. The summed E-state index contributed by atoms with van der Waals surface area (Å²) in [6.07, 6.45) is 1.75. The first-order valence-corrected chi connectivity index (χ1v) is 8.08. The molecule has 0 atom stereocenters. The molecule has 0 fully saturated rings. The minimum Gasteiger partial charge on any atom is -0.378 e. The molecule has 1 heterocycles. The van der Waals surface area contributed by atoms with E-state index in [1.54, 1.807) is 10.9 Å². The molecule has 0 spiro atoms. The molecule has 1 aromatic heterocycles. The number of nitrogens with one attached hydrogen (secondary N) is 1. The summed E-state index contributed by atoms with van der Waals surface area (Å²) < 4.78 is 2.01. The number of anilines is 1. The summed E-state index contributed by atoms with van der Waals surface area (Å²) in [5.41, 5.74) is 2.95. The van der Waals surface area contributed by atoms with Gasteiger partial charge in [-0.2, -0.15) is 14.9 Å². The van der Waals surface area contributed by atoms with Crippen LogP contribution in [0.5, 0.6) is 0 Å². The Hall–Kier alpha value is -2.44. The van der Waals surface area contributed by atoms with Gasteiger partial charge in [0.05, 0.1) is 6.21 Å². The van der Waals surface area contributed by atoms with Gasteiger partial charge in [-0.05, 0) is 42.0 Å². The van der Waals surface area contributed by atoms with Crippen molar-refractivity contribution in [2.75, 3.05) is 19.0 Å². The zero-order chi connectivity index (χ0) is 17.1. The molecular formula is C17H16ClN5S. The van der Waals surface area contributed by atoms with Crippen LogP contribution in [0.15, 0.2) is 53.6 Å². The quantitative estimate of drug-likeness (QED) is 0.562. The van der Waals surface area contributed by atoms with Gasteiger partial charge in [0.15, 0.2) is 5.82 Å². The third kappa shape index (κ3) is 3.55. The van der Waals surface area contributed by atoms with Crippen LogP contribution in [0.25, 0.3) is 11.4 Å². The lowest BCUT2D eigenvalue weighted by Gasteiger charge is -2.11. The number of H-pyrrole nitrogens is 1. The maximum Gasteiger partial charge on any atom is 0.216 e. The van der Waals surface area contributed by atoms with Gasteiger partial charge in [-0.3, -0.25) is 0 Å². The summed E-state index contributed by atoms with van der Waals surface area (Å²) in [6.45, 7) is 0. The lowest BCUT2D eigenvalue weighted by Crippen LogP contribution is -2.08. The van der Waals surface area contributed by atoms with Crippen molar-refractivity contribution in [3.05, 3.63) is 63.9 Å². The molecule has 1 N–H and O–H groups in total. The standard InChI is InChI=1S/C17H16ClN5S/c1-22(2)15-8-6-12(7-9-15)11-19-23-16(20-21-17(23)24)13-4-3-5-14(18)10-13/h3-11H,1-2H3,(H,21,24)/b19-11+. The van der Waals surface area contributed by atoms with Gasteiger partial charge in [-0.1, -0.05) is 35.9 Å². The fourth-order valence-electron chi connectivity index (χ4n) is 2.20. The Bertz CT molecular complexity index is 925. The van der Waals surface area contributed by atoms with E-state index in [2.05, 4.69) is 15.3 Å². The fourth-order valence-corrected chi connectivity index (χ4v) is 2.57. The first-order valence-electron chi connectivity index (χ1n) is 7.30. The number of aromatic amines is 1. The molecule has 0 saturated heterocycles. The highest BCUT2D eigenvalue weighted by atomic mass is 35.5. The highest BCUT2D eigenvalue weighted by molar-refractivity contribution is 7.71. The van der Waals surface area contributed by atoms with Crippen molar-refractivity contribution in [1.29, 1.82) is 0 Å². The summed E-state index contributed by atoms with van der Waals surface area (Å²) >= 11 is 11.3. The van der Waals surface area contributed by atoms with Crippen LogP contribution in [0.3, 0.4) is 0 Å². The second-order valence-corrected chi connectivity index (χ2v) is 6.23. The van der Waals surface area contributed by atoms with Crippen LogP contribution in [-0.2, 0) is 0 Å². The Kier molecular flexibility index (Phi) is 4.78. The zero-order valence-corrected chi connectivity index (χ0v) is 14.8. The molecule has 0 aliphatic rings. The number of hydrogen-bond acceptors (Lipinski definition) is 4. The van der Waals surface area contributed by atoms with E-state index in [4.69, 9.17) is 23.8 Å². The Morgan fingerprint density at radius 2 is 1.96 bits per heavy atom. The van der Waals surface area contributed by atoms with Crippen molar-refractivity contribution in [3.8, 4) is 11.4 Å². The van der Waals surface area contributed by atoms with Crippen LogP contribution in [0.1, 0.15) is 5.56 Å². The SMILES string of the molecule is CN(C)c1ccc(/C=N/n2c(-c3cccc(Cl)c3)n[nH]c2=S)cc1. The topological polar surface area (TPSA) is 49.2 Å². The lowest BCUT2D eigenvalue weighted by molar-refractivity contribution is 0.871. The third-order valence-corrected chi connectivity index (χ3v) is 3.96. The predicted molar refractivity (Wildman–Crippen MR) is 102 cm³/mol.